The van der Waals surface area contributed by atoms with Crippen LogP contribution in [0.2, 0.25) is 10.0 Å². The average Bonchev–Trinajstić information content (AvgIpc) is 2.46. The van der Waals surface area contributed by atoms with Gasteiger partial charge in [0.25, 0.3) is 0 Å². The molecule has 2 aromatic rings. The van der Waals surface area contributed by atoms with Crippen LogP contribution in [0.4, 0.5) is 5.69 Å². The van der Waals surface area contributed by atoms with Gasteiger partial charge in [-0.15, -0.1) is 0 Å². The largest absolute Gasteiger partial charge is 0.381 e. The molecule has 3 nitrogen and oxygen atoms in total. The zero-order chi connectivity index (χ0) is 14.5. The summed E-state index contributed by atoms with van der Waals surface area (Å²) in [6.45, 7) is 0.507. The fraction of sp³-hybridized carbons (Fsp3) is 0.0667. The Balaban J connectivity index is 2.11. The van der Waals surface area contributed by atoms with Crippen LogP contribution in [0.3, 0.4) is 0 Å². The van der Waals surface area contributed by atoms with Gasteiger partial charge in [-0.2, -0.15) is 10.5 Å². The molecule has 5 heteroatoms. The number of hydrogen-bond donors (Lipinski definition) is 1. The molecule has 2 rings (SSSR count). The Kier molecular flexibility index (Phi) is 4.48. The average molecular weight is 302 g/mol. The number of benzene rings is 2. The maximum Gasteiger partial charge on any atom is 0.101 e. The summed E-state index contributed by atoms with van der Waals surface area (Å²) in [4.78, 5) is 0. The number of rotatable bonds is 3. The second-order valence-corrected chi connectivity index (χ2v) is 4.89. The van der Waals surface area contributed by atoms with Crippen LogP contribution in [0.1, 0.15) is 16.7 Å². The maximum atomic E-state index is 8.80. The van der Waals surface area contributed by atoms with E-state index in [-0.39, 0.29) is 0 Å². The first-order valence-corrected chi connectivity index (χ1v) is 6.51. The third-order valence-electron chi connectivity index (χ3n) is 2.75. The van der Waals surface area contributed by atoms with Crippen LogP contribution >= 0.6 is 23.2 Å². The van der Waals surface area contributed by atoms with Crippen molar-refractivity contribution in [1.29, 1.82) is 10.5 Å². The molecular formula is C15H9Cl2N3. The summed E-state index contributed by atoms with van der Waals surface area (Å²) < 4.78 is 0. The Labute approximate surface area is 127 Å². The van der Waals surface area contributed by atoms with Crippen molar-refractivity contribution >= 4 is 28.9 Å². The van der Waals surface area contributed by atoms with Crippen LogP contribution in [0, 0.1) is 22.7 Å². The summed E-state index contributed by atoms with van der Waals surface area (Å²) in [7, 11) is 0. The van der Waals surface area contributed by atoms with E-state index in [2.05, 4.69) is 5.32 Å². The highest BCUT2D eigenvalue weighted by atomic mass is 35.5. The van der Waals surface area contributed by atoms with Gasteiger partial charge >= 0.3 is 0 Å². The van der Waals surface area contributed by atoms with Crippen LogP contribution < -0.4 is 5.32 Å². The molecule has 20 heavy (non-hydrogen) atoms. The van der Waals surface area contributed by atoms with Crippen molar-refractivity contribution in [3.05, 3.63) is 63.1 Å². The predicted molar refractivity (Wildman–Crippen MR) is 79.7 cm³/mol. The molecule has 0 aromatic heterocycles. The summed E-state index contributed by atoms with van der Waals surface area (Å²) in [6.07, 6.45) is 0. The second kappa shape index (κ2) is 6.30. The normalized spacial score (nSPS) is 9.60. The van der Waals surface area contributed by atoms with E-state index in [0.717, 1.165) is 11.3 Å². The van der Waals surface area contributed by atoms with Crippen molar-refractivity contribution in [2.75, 3.05) is 5.32 Å². The van der Waals surface area contributed by atoms with E-state index >= 15 is 0 Å². The molecule has 0 amide bonds. The minimum Gasteiger partial charge on any atom is -0.381 e. The molecule has 0 heterocycles. The first-order chi connectivity index (χ1) is 9.63. The smallest absolute Gasteiger partial charge is 0.101 e. The third kappa shape index (κ3) is 3.22. The minimum atomic E-state index is 0.406. The molecule has 98 valence electrons. The lowest BCUT2D eigenvalue weighted by atomic mass is 10.1. The Morgan fingerprint density at radius 3 is 2.35 bits per heavy atom. The summed E-state index contributed by atoms with van der Waals surface area (Å²) in [6, 6.07) is 14.3. The molecule has 0 bridgehead atoms. The van der Waals surface area contributed by atoms with Gasteiger partial charge in [0.05, 0.1) is 22.2 Å². The maximum absolute atomic E-state index is 8.80. The Bertz CT molecular complexity index is 727. The predicted octanol–water partition coefficient (Wildman–Crippen LogP) is 4.35. The molecule has 0 aliphatic carbocycles. The summed E-state index contributed by atoms with van der Waals surface area (Å²) in [5.74, 6) is 0. The number of nitrogens with zero attached hydrogens (tertiary/aromatic N) is 2. The lowest BCUT2D eigenvalue weighted by molar-refractivity contribution is 1.15. The van der Waals surface area contributed by atoms with Crippen LogP contribution in [-0.4, -0.2) is 0 Å². The molecule has 0 atom stereocenters. The number of nitriles is 2. The van der Waals surface area contributed by atoms with Crippen molar-refractivity contribution in [3.8, 4) is 12.1 Å². The zero-order valence-electron chi connectivity index (χ0n) is 10.3. The van der Waals surface area contributed by atoms with E-state index in [1.54, 1.807) is 36.4 Å². The van der Waals surface area contributed by atoms with Crippen molar-refractivity contribution < 1.29 is 0 Å². The van der Waals surface area contributed by atoms with Crippen LogP contribution in [-0.2, 0) is 6.54 Å². The van der Waals surface area contributed by atoms with E-state index in [4.69, 9.17) is 33.7 Å². The first-order valence-electron chi connectivity index (χ1n) is 5.76. The SMILES string of the molecule is N#Cc1ccc(CNc2ccc(C#N)c(Cl)c2)c(Cl)c1. The van der Waals surface area contributed by atoms with Crippen molar-refractivity contribution in [2.45, 2.75) is 6.54 Å². The molecule has 0 radical (unpaired) electrons. The summed E-state index contributed by atoms with van der Waals surface area (Å²) in [5, 5.41) is 21.7. The number of halogens is 2. The van der Waals surface area contributed by atoms with Crippen LogP contribution in [0.5, 0.6) is 0 Å². The molecule has 1 N–H and O–H groups in total. The minimum absolute atomic E-state index is 0.406. The quantitative estimate of drug-likeness (QED) is 0.917. The number of anilines is 1. The van der Waals surface area contributed by atoms with Gasteiger partial charge in [0.1, 0.15) is 6.07 Å². The lowest BCUT2D eigenvalue weighted by Gasteiger charge is -2.09. The van der Waals surface area contributed by atoms with E-state index in [1.807, 2.05) is 12.1 Å². The summed E-state index contributed by atoms with van der Waals surface area (Å²) in [5.41, 5.74) is 2.65. The van der Waals surface area contributed by atoms with Crippen LogP contribution in [0.25, 0.3) is 0 Å². The molecule has 0 saturated carbocycles. The topological polar surface area (TPSA) is 59.6 Å². The molecule has 0 aliphatic heterocycles. The van der Waals surface area contributed by atoms with Gasteiger partial charge in [-0.25, -0.2) is 0 Å². The van der Waals surface area contributed by atoms with Gasteiger partial charge in [0, 0.05) is 17.3 Å². The fourth-order valence-corrected chi connectivity index (χ4v) is 2.14. The standard InChI is InChI=1S/C15H9Cl2N3/c16-14-5-10(7-18)1-2-12(14)9-20-13-4-3-11(8-19)15(17)6-13/h1-6,20H,9H2. The van der Waals surface area contributed by atoms with E-state index in [9.17, 15) is 0 Å². The molecule has 0 saturated heterocycles. The molecule has 0 unspecified atom stereocenters. The highest BCUT2D eigenvalue weighted by molar-refractivity contribution is 6.32. The van der Waals surface area contributed by atoms with E-state index in [0.29, 0.717) is 27.7 Å². The van der Waals surface area contributed by atoms with Crippen molar-refractivity contribution in [2.24, 2.45) is 0 Å². The Hall–Kier alpha value is -2.20. The third-order valence-corrected chi connectivity index (χ3v) is 3.42. The van der Waals surface area contributed by atoms with Crippen molar-refractivity contribution in [1.82, 2.24) is 0 Å². The molecule has 0 aliphatic rings. The molecular weight excluding hydrogens is 293 g/mol. The van der Waals surface area contributed by atoms with Crippen LogP contribution in [0.15, 0.2) is 36.4 Å². The highest BCUT2D eigenvalue weighted by Gasteiger charge is 2.04. The van der Waals surface area contributed by atoms with E-state index < -0.39 is 0 Å². The van der Waals surface area contributed by atoms with Crippen molar-refractivity contribution in [3.63, 3.8) is 0 Å². The fourth-order valence-electron chi connectivity index (χ4n) is 1.67. The van der Waals surface area contributed by atoms with Gasteiger partial charge < -0.3 is 5.32 Å². The lowest BCUT2D eigenvalue weighted by Crippen LogP contribution is -2.00. The number of nitrogens with one attached hydrogen (secondary N) is 1. The van der Waals surface area contributed by atoms with Gasteiger partial charge in [0.2, 0.25) is 0 Å². The second-order valence-electron chi connectivity index (χ2n) is 4.08. The monoisotopic (exact) mass is 301 g/mol. The van der Waals surface area contributed by atoms with Gasteiger partial charge in [0.15, 0.2) is 0 Å². The van der Waals surface area contributed by atoms with E-state index in [1.165, 1.54) is 0 Å². The van der Waals surface area contributed by atoms with Gasteiger partial charge in [-0.1, -0.05) is 29.3 Å². The Morgan fingerprint density at radius 2 is 1.75 bits per heavy atom. The molecule has 0 fully saturated rings. The highest BCUT2D eigenvalue weighted by Crippen LogP contribution is 2.22. The number of hydrogen-bond acceptors (Lipinski definition) is 3. The van der Waals surface area contributed by atoms with Gasteiger partial charge in [-0.3, -0.25) is 0 Å². The summed E-state index contributed by atoms with van der Waals surface area (Å²) >= 11 is 12.1. The zero-order valence-corrected chi connectivity index (χ0v) is 11.8. The van der Waals surface area contributed by atoms with Gasteiger partial charge in [-0.05, 0) is 35.9 Å². The molecule has 2 aromatic carbocycles. The first kappa shape index (κ1) is 14.2. The Morgan fingerprint density at radius 1 is 0.950 bits per heavy atom. The molecule has 0 spiro atoms.